The predicted octanol–water partition coefficient (Wildman–Crippen LogP) is 1.48. The lowest BCUT2D eigenvalue weighted by Gasteiger charge is -2.29. The summed E-state index contributed by atoms with van der Waals surface area (Å²) in [4.78, 5) is 3.34. The SMILES string of the molecule is Clc1ccc(C[NH+]2CC[NH+](Cc3ccc(Cl)cc3)CC2)cc1. The number of quaternary nitrogens is 2. The molecule has 2 nitrogen and oxygen atoms in total. The topological polar surface area (TPSA) is 8.88 Å². The van der Waals surface area contributed by atoms with Gasteiger partial charge in [-0.3, -0.25) is 0 Å². The lowest BCUT2D eigenvalue weighted by molar-refractivity contribution is -1.02. The molecule has 0 saturated carbocycles. The highest BCUT2D eigenvalue weighted by molar-refractivity contribution is 6.30. The minimum atomic E-state index is 0.816. The van der Waals surface area contributed by atoms with Crippen LogP contribution in [0.4, 0.5) is 0 Å². The highest BCUT2D eigenvalue weighted by atomic mass is 35.5. The minimum Gasteiger partial charge on any atom is -0.322 e. The second-order valence-corrected chi connectivity index (χ2v) is 6.98. The largest absolute Gasteiger partial charge is 0.322 e. The van der Waals surface area contributed by atoms with Crippen LogP contribution in [0, 0.1) is 0 Å². The molecule has 2 N–H and O–H groups in total. The molecule has 0 atom stereocenters. The van der Waals surface area contributed by atoms with Crippen molar-refractivity contribution >= 4 is 23.2 Å². The van der Waals surface area contributed by atoms with Crippen LogP contribution in [0.15, 0.2) is 48.5 Å². The van der Waals surface area contributed by atoms with Crippen LogP contribution in [0.2, 0.25) is 10.0 Å². The van der Waals surface area contributed by atoms with Crippen LogP contribution in [-0.4, -0.2) is 26.2 Å². The lowest BCUT2D eigenvalue weighted by Crippen LogP contribution is -3.27. The van der Waals surface area contributed by atoms with Gasteiger partial charge in [-0.05, 0) is 24.3 Å². The fourth-order valence-electron chi connectivity index (χ4n) is 3.09. The van der Waals surface area contributed by atoms with Gasteiger partial charge in [0.2, 0.25) is 0 Å². The van der Waals surface area contributed by atoms with Gasteiger partial charge in [0, 0.05) is 21.2 Å². The molecule has 0 spiro atoms. The maximum atomic E-state index is 5.94. The molecule has 2 aromatic rings. The summed E-state index contributed by atoms with van der Waals surface area (Å²) in [7, 11) is 0. The second kappa shape index (κ2) is 7.47. The highest BCUT2D eigenvalue weighted by Gasteiger charge is 2.22. The average molecular weight is 337 g/mol. The van der Waals surface area contributed by atoms with Crippen LogP contribution in [0.3, 0.4) is 0 Å². The van der Waals surface area contributed by atoms with Crippen molar-refractivity contribution in [3.05, 3.63) is 69.7 Å². The van der Waals surface area contributed by atoms with Gasteiger partial charge in [-0.25, -0.2) is 0 Å². The van der Waals surface area contributed by atoms with E-state index in [1.165, 1.54) is 37.3 Å². The van der Waals surface area contributed by atoms with Gasteiger partial charge in [0.25, 0.3) is 0 Å². The van der Waals surface area contributed by atoms with E-state index in [1.54, 1.807) is 9.80 Å². The molecular formula is C18H22Cl2N2+2. The zero-order valence-corrected chi connectivity index (χ0v) is 14.1. The predicted molar refractivity (Wildman–Crippen MR) is 91.7 cm³/mol. The third-order valence-electron chi connectivity index (χ3n) is 4.40. The first-order valence-electron chi connectivity index (χ1n) is 7.85. The van der Waals surface area contributed by atoms with Crippen molar-refractivity contribution in [1.29, 1.82) is 0 Å². The Kier molecular flexibility index (Phi) is 5.37. The number of nitrogens with one attached hydrogen (secondary N) is 2. The summed E-state index contributed by atoms with van der Waals surface area (Å²) in [5.74, 6) is 0. The maximum Gasteiger partial charge on any atom is 0.127 e. The van der Waals surface area contributed by atoms with E-state index in [0.717, 1.165) is 23.1 Å². The average Bonchev–Trinajstić information content (AvgIpc) is 2.54. The minimum absolute atomic E-state index is 0.816. The van der Waals surface area contributed by atoms with E-state index in [4.69, 9.17) is 23.2 Å². The Morgan fingerprint density at radius 2 is 0.909 bits per heavy atom. The first kappa shape index (κ1) is 15.8. The molecule has 1 heterocycles. The summed E-state index contributed by atoms with van der Waals surface area (Å²) in [6.45, 7) is 7.12. The molecule has 0 bridgehead atoms. The number of halogens is 2. The van der Waals surface area contributed by atoms with Crippen molar-refractivity contribution in [2.45, 2.75) is 13.1 Å². The summed E-state index contributed by atoms with van der Waals surface area (Å²) in [5.41, 5.74) is 2.75. The molecule has 1 aliphatic rings. The molecule has 0 unspecified atom stereocenters. The Hall–Kier alpha value is -1.06. The van der Waals surface area contributed by atoms with Crippen LogP contribution in [0.5, 0.6) is 0 Å². The normalized spacial score (nSPS) is 21.7. The molecule has 0 radical (unpaired) electrons. The first-order valence-corrected chi connectivity index (χ1v) is 8.61. The molecule has 116 valence electrons. The fourth-order valence-corrected chi connectivity index (χ4v) is 3.34. The molecule has 1 saturated heterocycles. The monoisotopic (exact) mass is 336 g/mol. The molecule has 2 aromatic carbocycles. The summed E-state index contributed by atoms with van der Waals surface area (Å²) in [6, 6.07) is 16.5. The Morgan fingerprint density at radius 1 is 0.591 bits per heavy atom. The van der Waals surface area contributed by atoms with Gasteiger partial charge in [0.05, 0.1) is 0 Å². The van der Waals surface area contributed by atoms with E-state index in [1.807, 2.05) is 24.3 Å². The van der Waals surface area contributed by atoms with Crippen LogP contribution in [0.1, 0.15) is 11.1 Å². The highest BCUT2D eigenvalue weighted by Crippen LogP contribution is 2.09. The quantitative estimate of drug-likeness (QED) is 0.836. The zero-order chi connectivity index (χ0) is 15.4. The Morgan fingerprint density at radius 3 is 1.23 bits per heavy atom. The van der Waals surface area contributed by atoms with Crippen LogP contribution < -0.4 is 9.80 Å². The van der Waals surface area contributed by atoms with Gasteiger partial charge in [0.15, 0.2) is 0 Å². The van der Waals surface area contributed by atoms with Crippen LogP contribution in [-0.2, 0) is 13.1 Å². The van der Waals surface area contributed by atoms with Crippen molar-refractivity contribution in [2.75, 3.05) is 26.2 Å². The van der Waals surface area contributed by atoms with E-state index < -0.39 is 0 Å². The van der Waals surface area contributed by atoms with Gasteiger partial charge in [0.1, 0.15) is 39.3 Å². The first-order chi connectivity index (χ1) is 10.7. The molecule has 0 aromatic heterocycles. The molecule has 1 fully saturated rings. The molecule has 4 heteroatoms. The third-order valence-corrected chi connectivity index (χ3v) is 4.90. The van der Waals surface area contributed by atoms with Crippen molar-refractivity contribution in [1.82, 2.24) is 0 Å². The van der Waals surface area contributed by atoms with Crippen LogP contribution in [0.25, 0.3) is 0 Å². The van der Waals surface area contributed by atoms with Gasteiger partial charge in [-0.1, -0.05) is 47.5 Å². The number of hydrogen-bond acceptors (Lipinski definition) is 0. The summed E-state index contributed by atoms with van der Waals surface area (Å²) >= 11 is 11.9. The summed E-state index contributed by atoms with van der Waals surface area (Å²) < 4.78 is 0. The van der Waals surface area contributed by atoms with Crippen molar-refractivity contribution in [2.24, 2.45) is 0 Å². The maximum absolute atomic E-state index is 5.94. The van der Waals surface area contributed by atoms with E-state index >= 15 is 0 Å². The molecule has 0 amide bonds. The van der Waals surface area contributed by atoms with Crippen molar-refractivity contribution < 1.29 is 9.80 Å². The van der Waals surface area contributed by atoms with Gasteiger partial charge in [-0.15, -0.1) is 0 Å². The number of hydrogen-bond donors (Lipinski definition) is 2. The standard InChI is InChI=1S/C18H20Cl2N2/c19-17-5-1-15(2-6-17)13-21-9-11-22(12-10-21)14-16-3-7-18(20)8-4-16/h1-8H,9-14H2/p+2. The summed E-state index contributed by atoms with van der Waals surface area (Å²) in [5, 5.41) is 1.63. The zero-order valence-electron chi connectivity index (χ0n) is 12.6. The second-order valence-electron chi connectivity index (χ2n) is 6.11. The lowest BCUT2D eigenvalue weighted by atomic mass is 10.1. The molecular weight excluding hydrogens is 315 g/mol. The third kappa shape index (κ3) is 4.47. The van der Waals surface area contributed by atoms with E-state index in [0.29, 0.717) is 0 Å². The summed E-state index contributed by atoms with van der Waals surface area (Å²) in [6.07, 6.45) is 0. The molecule has 3 rings (SSSR count). The van der Waals surface area contributed by atoms with Gasteiger partial charge in [-0.2, -0.15) is 0 Å². The Balaban J connectivity index is 1.47. The fraction of sp³-hybridized carbons (Fsp3) is 0.333. The number of piperazine rings is 1. The van der Waals surface area contributed by atoms with E-state index in [9.17, 15) is 0 Å². The Bertz CT molecular complexity index is 532. The van der Waals surface area contributed by atoms with E-state index in [-0.39, 0.29) is 0 Å². The van der Waals surface area contributed by atoms with Crippen molar-refractivity contribution in [3.8, 4) is 0 Å². The van der Waals surface area contributed by atoms with Gasteiger partial charge >= 0.3 is 0 Å². The molecule has 1 aliphatic heterocycles. The molecule has 22 heavy (non-hydrogen) atoms. The van der Waals surface area contributed by atoms with Crippen molar-refractivity contribution in [3.63, 3.8) is 0 Å². The van der Waals surface area contributed by atoms with E-state index in [2.05, 4.69) is 24.3 Å². The Labute approximate surface area is 142 Å². The smallest absolute Gasteiger partial charge is 0.127 e. The van der Waals surface area contributed by atoms with Crippen LogP contribution >= 0.6 is 23.2 Å². The van der Waals surface area contributed by atoms with Gasteiger partial charge < -0.3 is 9.80 Å². The number of rotatable bonds is 4. The molecule has 0 aliphatic carbocycles. The number of benzene rings is 2.